The summed E-state index contributed by atoms with van der Waals surface area (Å²) in [5.74, 6) is 1.74. The number of nitrogens with zero attached hydrogens (tertiary/aromatic N) is 3. The molecule has 0 radical (unpaired) electrons. The highest BCUT2D eigenvalue weighted by molar-refractivity contribution is 7.14. The summed E-state index contributed by atoms with van der Waals surface area (Å²) in [6.07, 6.45) is 9.41. The Hall–Kier alpha value is -1.49. The molecular weight excluding hydrogens is 234 g/mol. The normalized spacial score (nSPS) is 19.7. The van der Waals surface area contributed by atoms with Gasteiger partial charge in [0.15, 0.2) is 5.01 Å². The fraction of sp³-hybridized carbons (Fsp3) is 0.417. The maximum Gasteiger partial charge on any atom is 0.231 e. The van der Waals surface area contributed by atoms with E-state index < -0.39 is 0 Å². The highest BCUT2D eigenvalue weighted by Gasteiger charge is 2.20. The molecule has 0 fully saturated rings. The number of allylic oxidation sites excluding steroid dienone is 2. The van der Waals surface area contributed by atoms with E-state index in [1.165, 1.54) is 0 Å². The number of hydrogen-bond acceptors (Lipinski definition) is 5. The van der Waals surface area contributed by atoms with Crippen LogP contribution in [0.15, 0.2) is 22.9 Å². The monoisotopic (exact) mass is 247 g/mol. The zero-order valence-corrected chi connectivity index (χ0v) is 10.4. The molecule has 0 N–H and O–H groups in total. The van der Waals surface area contributed by atoms with E-state index >= 15 is 0 Å². The lowest BCUT2D eigenvalue weighted by atomic mass is 9.94. The Morgan fingerprint density at radius 3 is 3.06 bits per heavy atom. The SMILES string of the molecule is Cc1cnc(-c2noc([C@@H]3CC=CCC3)n2)s1. The second kappa shape index (κ2) is 4.41. The number of hydrogen-bond donors (Lipinski definition) is 0. The molecule has 4 nitrogen and oxygen atoms in total. The Kier molecular flexibility index (Phi) is 2.76. The van der Waals surface area contributed by atoms with E-state index in [9.17, 15) is 0 Å². The van der Waals surface area contributed by atoms with Gasteiger partial charge in [0.1, 0.15) is 0 Å². The summed E-state index contributed by atoms with van der Waals surface area (Å²) in [6, 6.07) is 0. The van der Waals surface area contributed by atoms with E-state index in [0.717, 1.165) is 35.0 Å². The van der Waals surface area contributed by atoms with Crippen LogP contribution in [0.25, 0.3) is 10.8 Å². The quantitative estimate of drug-likeness (QED) is 0.764. The molecule has 5 heteroatoms. The molecule has 2 aromatic rings. The second-order valence-corrected chi connectivity index (χ2v) is 5.45. The Labute approximate surface area is 103 Å². The predicted octanol–water partition coefficient (Wildman–Crippen LogP) is 3.33. The van der Waals surface area contributed by atoms with Gasteiger partial charge in [0.2, 0.25) is 11.7 Å². The van der Waals surface area contributed by atoms with Crippen LogP contribution in [0.5, 0.6) is 0 Å². The van der Waals surface area contributed by atoms with Crippen LogP contribution in [-0.2, 0) is 0 Å². The van der Waals surface area contributed by atoms with Crippen LogP contribution in [0, 0.1) is 6.92 Å². The molecule has 2 aromatic heterocycles. The van der Waals surface area contributed by atoms with E-state index in [4.69, 9.17) is 4.52 Å². The molecule has 17 heavy (non-hydrogen) atoms. The van der Waals surface area contributed by atoms with Crippen molar-refractivity contribution in [1.29, 1.82) is 0 Å². The van der Waals surface area contributed by atoms with Crippen molar-refractivity contribution in [3.8, 4) is 10.8 Å². The summed E-state index contributed by atoms with van der Waals surface area (Å²) < 4.78 is 5.34. The second-order valence-electron chi connectivity index (χ2n) is 4.21. The number of aryl methyl sites for hydroxylation is 1. The van der Waals surface area contributed by atoms with E-state index in [2.05, 4.69) is 27.3 Å². The maximum atomic E-state index is 5.34. The third kappa shape index (κ3) is 2.15. The third-order valence-corrected chi connectivity index (χ3v) is 3.78. The zero-order chi connectivity index (χ0) is 11.7. The number of aromatic nitrogens is 3. The van der Waals surface area contributed by atoms with Gasteiger partial charge in [0, 0.05) is 17.0 Å². The lowest BCUT2D eigenvalue weighted by molar-refractivity contribution is 0.345. The molecule has 1 aliphatic rings. The van der Waals surface area contributed by atoms with E-state index in [0.29, 0.717) is 11.7 Å². The first-order chi connectivity index (χ1) is 8.33. The van der Waals surface area contributed by atoms with Gasteiger partial charge in [-0.15, -0.1) is 11.3 Å². The van der Waals surface area contributed by atoms with Crippen LogP contribution in [0.2, 0.25) is 0 Å². The summed E-state index contributed by atoms with van der Waals surface area (Å²) in [7, 11) is 0. The summed E-state index contributed by atoms with van der Waals surface area (Å²) in [5, 5.41) is 4.85. The minimum atomic E-state index is 0.377. The average Bonchev–Trinajstić information content (AvgIpc) is 2.98. The molecule has 0 spiro atoms. The minimum absolute atomic E-state index is 0.377. The molecule has 0 aromatic carbocycles. The van der Waals surface area contributed by atoms with Gasteiger partial charge in [-0.2, -0.15) is 4.98 Å². The van der Waals surface area contributed by atoms with Crippen molar-refractivity contribution in [1.82, 2.24) is 15.1 Å². The first kappa shape index (κ1) is 10.7. The van der Waals surface area contributed by atoms with Gasteiger partial charge >= 0.3 is 0 Å². The Bertz CT molecular complexity index is 543. The molecule has 0 saturated heterocycles. The van der Waals surface area contributed by atoms with Gasteiger partial charge in [0.05, 0.1) is 0 Å². The number of thiazole rings is 1. The van der Waals surface area contributed by atoms with Crippen LogP contribution in [0.4, 0.5) is 0 Å². The molecule has 2 heterocycles. The van der Waals surface area contributed by atoms with E-state index in [1.54, 1.807) is 11.3 Å². The predicted molar refractivity (Wildman–Crippen MR) is 65.9 cm³/mol. The molecule has 1 atom stereocenters. The molecule has 3 rings (SSSR count). The Morgan fingerprint density at radius 1 is 1.41 bits per heavy atom. The fourth-order valence-electron chi connectivity index (χ4n) is 1.96. The summed E-state index contributed by atoms with van der Waals surface area (Å²) in [5.41, 5.74) is 0. The Balaban J connectivity index is 1.85. The molecule has 88 valence electrons. The molecule has 0 bridgehead atoms. The van der Waals surface area contributed by atoms with Crippen LogP contribution in [0.3, 0.4) is 0 Å². The maximum absolute atomic E-state index is 5.34. The lowest BCUT2D eigenvalue weighted by Gasteiger charge is -2.12. The fourth-order valence-corrected chi connectivity index (χ4v) is 2.65. The third-order valence-electron chi connectivity index (χ3n) is 2.87. The zero-order valence-electron chi connectivity index (χ0n) is 9.59. The minimum Gasteiger partial charge on any atom is -0.339 e. The van der Waals surface area contributed by atoms with Gasteiger partial charge in [0.25, 0.3) is 0 Å². The Morgan fingerprint density at radius 2 is 2.35 bits per heavy atom. The highest BCUT2D eigenvalue weighted by Crippen LogP contribution is 2.30. The molecule has 0 saturated carbocycles. The smallest absolute Gasteiger partial charge is 0.231 e. The first-order valence-electron chi connectivity index (χ1n) is 5.74. The molecule has 1 aliphatic carbocycles. The van der Waals surface area contributed by atoms with E-state index in [-0.39, 0.29) is 0 Å². The van der Waals surface area contributed by atoms with Crippen LogP contribution in [0.1, 0.15) is 35.9 Å². The van der Waals surface area contributed by atoms with Gasteiger partial charge in [-0.25, -0.2) is 4.98 Å². The van der Waals surface area contributed by atoms with E-state index in [1.807, 2.05) is 13.1 Å². The van der Waals surface area contributed by atoms with Crippen molar-refractivity contribution in [3.05, 3.63) is 29.1 Å². The van der Waals surface area contributed by atoms with Crippen molar-refractivity contribution in [2.45, 2.75) is 32.1 Å². The van der Waals surface area contributed by atoms with Crippen molar-refractivity contribution < 1.29 is 4.52 Å². The first-order valence-corrected chi connectivity index (χ1v) is 6.56. The van der Waals surface area contributed by atoms with Crippen molar-refractivity contribution >= 4 is 11.3 Å². The largest absolute Gasteiger partial charge is 0.339 e. The van der Waals surface area contributed by atoms with Gasteiger partial charge in [-0.3, -0.25) is 0 Å². The molecule has 0 unspecified atom stereocenters. The standard InChI is InChI=1S/C12H13N3OS/c1-8-7-13-12(17-8)10-14-11(16-15-10)9-5-3-2-4-6-9/h2-3,7,9H,4-6H2,1H3/t9-/m1/s1. The van der Waals surface area contributed by atoms with Gasteiger partial charge < -0.3 is 4.52 Å². The lowest BCUT2D eigenvalue weighted by Crippen LogP contribution is -2.00. The highest BCUT2D eigenvalue weighted by atomic mass is 32.1. The van der Waals surface area contributed by atoms with Crippen LogP contribution in [-0.4, -0.2) is 15.1 Å². The van der Waals surface area contributed by atoms with Crippen molar-refractivity contribution in [2.75, 3.05) is 0 Å². The molecule has 0 aliphatic heterocycles. The summed E-state index contributed by atoms with van der Waals surface area (Å²) >= 11 is 1.59. The van der Waals surface area contributed by atoms with Crippen LogP contribution >= 0.6 is 11.3 Å². The topological polar surface area (TPSA) is 51.8 Å². The molecular formula is C12H13N3OS. The molecule has 0 amide bonds. The van der Waals surface area contributed by atoms with Crippen LogP contribution < -0.4 is 0 Å². The average molecular weight is 247 g/mol. The van der Waals surface area contributed by atoms with Crippen molar-refractivity contribution in [2.24, 2.45) is 0 Å². The number of rotatable bonds is 2. The van der Waals surface area contributed by atoms with Gasteiger partial charge in [-0.1, -0.05) is 17.3 Å². The van der Waals surface area contributed by atoms with Crippen molar-refractivity contribution in [3.63, 3.8) is 0 Å². The summed E-state index contributed by atoms with van der Waals surface area (Å²) in [4.78, 5) is 9.88. The van der Waals surface area contributed by atoms with Gasteiger partial charge in [-0.05, 0) is 26.2 Å². The summed E-state index contributed by atoms with van der Waals surface area (Å²) in [6.45, 7) is 2.02.